The Morgan fingerprint density at radius 1 is 1.55 bits per heavy atom. The molecule has 1 N–H and O–H groups in total. The van der Waals surface area contributed by atoms with Crippen LogP contribution in [0.15, 0.2) is 0 Å². The molecule has 0 fully saturated rings. The SMILES string of the molecule is CCN(CC(=O)O)S(C)(=O)=O. The molecule has 0 bridgehead atoms. The van der Waals surface area contributed by atoms with Crippen LogP contribution < -0.4 is 0 Å². The van der Waals surface area contributed by atoms with Gasteiger partial charge in [-0.05, 0) is 0 Å². The molecule has 0 saturated carbocycles. The molecule has 0 atom stereocenters. The summed E-state index contributed by atoms with van der Waals surface area (Å²) in [6.07, 6.45) is 0.986. The fraction of sp³-hybridized carbons (Fsp3) is 0.800. The number of aliphatic carboxylic acids is 1. The van der Waals surface area contributed by atoms with Crippen molar-refractivity contribution in [3.63, 3.8) is 0 Å². The zero-order valence-corrected chi connectivity index (χ0v) is 7.26. The minimum Gasteiger partial charge on any atom is -0.480 e. The van der Waals surface area contributed by atoms with Gasteiger partial charge in [0, 0.05) is 6.54 Å². The molecule has 0 amide bonds. The zero-order valence-electron chi connectivity index (χ0n) is 6.44. The predicted molar refractivity (Wildman–Crippen MR) is 39.7 cm³/mol. The third kappa shape index (κ3) is 3.94. The van der Waals surface area contributed by atoms with E-state index in [1.807, 2.05) is 0 Å². The van der Waals surface area contributed by atoms with Crippen molar-refractivity contribution in [1.29, 1.82) is 0 Å². The molecule has 11 heavy (non-hydrogen) atoms. The van der Waals surface area contributed by atoms with Crippen LogP contribution in [0.25, 0.3) is 0 Å². The Bertz CT molecular complexity index is 233. The van der Waals surface area contributed by atoms with Crippen molar-refractivity contribution in [3.05, 3.63) is 0 Å². The summed E-state index contributed by atoms with van der Waals surface area (Å²) in [5, 5.41) is 8.27. The number of carbonyl (C=O) groups is 1. The third-order valence-electron chi connectivity index (χ3n) is 1.13. The minimum atomic E-state index is -3.36. The number of carboxylic acids is 1. The highest BCUT2D eigenvalue weighted by Gasteiger charge is 2.16. The van der Waals surface area contributed by atoms with Crippen molar-refractivity contribution in [2.45, 2.75) is 6.92 Å². The quantitative estimate of drug-likeness (QED) is 0.625. The van der Waals surface area contributed by atoms with Crippen molar-refractivity contribution >= 4 is 16.0 Å². The lowest BCUT2D eigenvalue weighted by Gasteiger charge is -2.14. The van der Waals surface area contributed by atoms with Crippen molar-refractivity contribution in [2.24, 2.45) is 0 Å². The second kappa shape index (κ2) is 3.68. The van der Waals surface area contributed by atoms with E-state index in [2.05, 4.69) is 0 Å². The van der Waals surface area contributed by atoms with Crippen LogP contribution in [0.1, 0.15) is 6.92 Å². The largest absolute Gasteiger partial charge is 0.480 e. The lowest BCUT2D eigenvalue weighted by Crippen LogP contribution is -2.34. The van der Waals surface area contributed by atoms with Gasteiger partial charge in [-0.25, -0.2) is 8.42 Å². The summed E-state index contributed by atoms with van der Waals surface area (Å²) < 4.78 is 22.4. The molecule has 0 aliphatic rings. The number of nitrogens with zero attached hydrogens (tertiary/aromatic N) is 1. The maximum absolute atomic E-state index is 10.8. The van der Waals surface area contributed by atoms with E-state index in [9.17, 15) is 13.2 Å². The Morgan fingerprint density at radius 2 is 2.00 bits per heavy atom. The van der Waals surface area contributed by atoms with Gasteiger partial charge in [0.15, 0.2) is 0 Å². The molecule has 0 saturated heterocycles. The Balaban J connectivity index is 4.31. The van der Waals surface area contributed by atoms with Crippen LogP contribution in [0.3, 0.4) is 0 Å². The summed E-state index contributed by atoms with van der Waals surface area (Å²) in [5.41, 5.74) is 0. The van der Waals surface area contributed by atoms with Gasteiger partial charge in [-0.3, -0.25) is 4.79 Å². The van der Waals surface area contributed by atoms with Gasteiger partial charge in [0.25, 0.3) is 0 Å². The summed E-state index contributed by atoms with van der Waals surface area (Å²) in [6.45, 7) is 1.31. The van der Waals surface area contributed by atoms with Gasteiger partial charge in [-0.1, -0.05) is 6.92 Å². The van der Waals surface area contributed by atoms with Crippen LogP contribution >= 0.6 is 0 Å². The van der Waals surface area contributed by atoms with Gasteiger partial charge < -0.3 is 5.11 Å². The summed E-state index contributed by atoms with van der Waals surface area (Å²) in [6, 6.07) is 0. The molecule has 0 aromatic rings. The zero-order chi connectivity index (χ0) is 9.07. The molecule has 0 rings (SSSR count). The monoisotopic (exact) mass is 181 g/mol. The standard InChI is InChI=1S/C5H11NO4S/c1-3-6(4-5(7)8)11(2,9)10/h3-4H2,1-2H3,(H,7,8). The van der Waals surface area contributed by atoms with Gasteiger partial charge >= 0.3 is 5.97 Å². The average Bonchev–Trinajstić information content (AvgIpc) is 1.79. The molecule has 0 aromatic heterocycles. The van der Waals surface area contributed by atoms with Crippen LogP contribution in [0.5, 0.6) is 0 Å². The molecule has 6 heteroatoms. The van der Waals surface area contributed by atoms with Crippen LogP contribution in [-0.4, -0.2) is 43.1 Å². The van der Waals surface area contributed by atoms with E-state index in [-0.39, 0.29) is 6.54 Å². The Labute approximate surface area is 65.7 Å². The van der Waals surface area contributed by atoms with Gasteiger partial charge in [-0.15, -0.1) is 0 Å². The lowest BCUT2D eigenvalue weighted by molar-refractivity contribution is -0.137. The third-order valence-corrected chi connectivity index (χ3v) is 2.46. The van der Waals surface area contributed by atoms with E-state index in [4.69, 9.17) is 5.11 Å². The van der Waals surface area contributed by atoms with E-state index in [1.165, 1.54) is 0 Å². The first kappa shape index (κ1) is 10.4. The number of carboxylic acid groups (broad SMARTS) is 1. The summed E-state index contributed by atoms with van der Waals surface area (Å²) in [7, 11) is -3.36. The summed E-state index contributed by atoms with van der Waals surface area (Å²) in [5.74, 6) is -1.14. The molecule has 0 unspecified atom stereocenters. The van der Waals surface area contributed by atoms with Crippen LogP contribution in [0, 0.1) is 0 Å². The average molecular weight is 181 g/mol. The topological polar surface area (TPSA) is 74.7 Å². The molecule has 66 valence electrons. The van der Waals surface area contributed by atoms with Crippen molar-refractivity contribution in [2.75, 3.05) is 19.3 Å². The van der Waals surface area contributed by atoms with Crippen LogP contribution in [0.4, 0.5) is 0 Å². The molecular formula is C5H11NO4S. The number of rotatable bonds is 4. The van der Waals surface area contributed by atoms with Gasteiger partial charge in [0.1, 0.15) is 6.54 Å². The molecule has 0 spiro atoms. The molecule has 0 aromatic carbocycles. The van der Waals surface area contributed by atoms with Crippen LogP contribution in [0.2, 0.25) is 0 Å². The first-order valence-electron chi connectivity index (χ1n) is 3.05. The Hall–Kier alpha value is -0.620. The highest BCUT2D eigenvalue weighted by molar-refractivity contribution is 7.88. The molecule has 0 aliphatic carbocycles. The summed E-state index contributed by atoms with van der Waals surface area (Å²) >= 11 is 0. The van der Waals surface area contributed by atoms with Crippen LogP contribution in [-0.2, 0) is 14.8 Å². The minimum absolute atomic E-state index is 0.186. The molecule has 0 heterocycles. The second-order valence-electron chi connectivity index (χ2n) is 2.08. The van der Waals surface area contributed by atoms with E-state index >= 15 is 0 Å². The van der Waals surface area contributed by atoms with E-state index in [0.29, 0.717) is 0 Å². The number of hydrogen-bond donors (Lipinski definition) is 1. The summed E-state index contributed by atoms with van der Waals surface area (Å²) in [4.78, 5) is 10.1. The van der Waals surface area contributed by atoms with Crippen molar-refractivity contribution in [1.82, 2.24) is 4.31 Å². The number of sulfonamides is 1. The van der Waals surface area contributed by atoms with E-state index < -0.39 is 22.5 Å². The molecule has 5 nitrogen and oxygen atoms in total. The fourth-order valence-electron chi connectivity index (χ4n) is 0.614. The number of likely N-dealkylation sites (N-methyl/N-ethyl adjacent to an activating group) is 1. The smallest absolute Gasteiger partial charge is 0.318 e. The number of hydrogen-bond acceptors (Lipinski definition) is 3. The first-order chi connectivity index (χ1) is 4.88. The lowest BCUT2D eigenvalue weighted by atomic mass is 10.6. The molecule has 0 radical (unpaired) electrons. The van der Waals surface area contributed by atoms with Gasteiger partial charge in [0.05, 0.1) is 6.26 Å². The normalized spacial score (nSPS) is 11.9. The fourth-order valence-corrected chi connectivity index (χ4v) is 1.43. The maximum atomic E-state index is 10.8. The van der Waals surface area contributed by atoms with Gasteiger partial charge in [0.2, 0.25) is 10.0 Å². The van der Waals surface area contributed by atoms with Gasteiger partial charge in [-0.2, -0.15) is 4.31 Å². The Kier molecular flexibility index (Phi) is 3.47. The first-order valence-corrected chi connectivity index (χ1v) is 4.89. The maximum Gasteiger partial charge on any atom is 0.318 e. The molecular weight excluding hydrogens is 170 g/mol. The molecule has 0 aliphatic heterocycles. The highest BCUT2D eigenvalue weighted by atomic mass is 32.2. The highest BCUT2D eigenvalue weighted by Crippen LogP contribution is 1.95. The van der Waals surface area contributed by atoms with Crippen molar-refractivity contribution < 1.29 is 18.3 Å². The second-order valence-corrected chi connectivity index (χ2v) is 4.07. The predicted octanol–water partition coefficient (Wildman–Crippen LogP) is -0.648. The van der Waals surface area contributed by atoms with E-state index in [0.717, 1.165) is 10.6 Å². The Morgan fingerprint density at radius 3 is 2.09 bits per heavy atom. The van der Waals surface area contributed by atoms with E-state index in [1.54, 1.807) is 6.92 Å². The van der Waals surface area contributed by atoms with Crippen molar-refractivity contribution in [3.8, 4) is 0 Å².